The maximum Gasteiger partial charge on any atom is 0.274 e. The number of nitrogen functional groups attached to an aromatic ring is 1. The summed E-state index contributed by atoms with van der Waals surface area (Å²) in [6.45, 7) is 3.02. The molecule has 31 heavy (non-hydrogen) atoms. The number of carbonyl (C=O) groups is 1. The molecule has 5 heterocycles. The van der Waals surface area contributed by atoms with Gasteiger partial charge in [-0.2, -0.15) is 4.98 Å². The first-order chi connectivity index (χ1) is 15.2. The number of aromatic nitrogens is 4. The van der Waals surface area contributed by atoms with Gasteiger partial charge in [0, 0.05) is 24.8 Å². The molecule has 156 valence electrons. The van der Waals surface area contributed by atoms with Gasteiger partial charge in [0.05, 0.1) is 35.5 Å². The van der Waals surface area contributed by atoms with E-state index in [4.69, 9.17) is 10.5 Å². The summed E-state index contributed by atoms with van der Waals surface area (Å²) in [5.41, 5.74) is 8.63. The van der Waals surface area contributed by atoms with Gasteiger partial charge in [-0.1, -0.05) is 17.4 Å². The van der Waals surface area contributed by atoms with E-state index in [0.29, 0.717) is 41.8 Å². The van der Waals surface area contributed by atoms with Gasteiger partial charge < -0.3 is 20.7 Å². The predicted molar refractivity (Wildman–Crippen MR) is 120 cm³/mol. The molecule has 0 unspecified atom stereocenters. The van der Waals surface area contributed by atoms with Gasteiger partial charge in [0.15, 0.2) is 10.8 Å². The molecule has 0 radical (unpaired) electrons. The largest absolute Gasteiger partial charge is 0.384 e. The van der Waals surface area contributed by atoms with Crippen molar-refractivity contribution in [1.29, 1.82) is 0 Å². The molecular weight excluding hydrogens is 414 g/mol. The van der Waals surface area contributed by atoms with Crippen molar-refractivity contribution in [3.05, 3.63) is 54.5 Å². The smallest absolute Gasteiger partial charge is 0.274 e. The molecule has 9 nitrogen and oxygen atoms in total. The monoisotopic (exact) mass is 433 g/mol. The number of rotatable bonds is 4. The van der Waals surface area contributed by atoms with E-state index >= 15 is 0 Å². The fourth-order valence-electron chi connectivity index (χ4n) is 3.24. The first-order valence-corrected chi connectivity index (χ1v) is 10.6. The first-order valence-electron chi connectivity index (χ1n) is 9.75. The maximum atomic E-state index is 12.8. The van der Waals surface area contributed by atoms with Crippen LogP contribution in [0.4, 0.5) is 16.6 Å². The summed E-state index contributed by atoms with van der Waals surface area (Å²) in [5, 5.41) is 3.79. The molecule has 1 aliphatic heterocycles. The molecule has 4 aromatic rings. The van der Waals surface area contributed by atoms with Crippen LogP contribution < -0.4 is 16.0 Å². The van der Waals surface area contributed by atoms with E-state index in [1.807, 2.05) is 18.2 Å². The van der Waals surface area contributed by atoms with Crippen LogP contribution in [0.1, 0.15) is 10.5 Å². The van der Waals surface area contributed by atoms with Crippen LogP contribution in [0.15, 0.2) is 48.8 Å². The zero-order chi connectivity index (χ0) is 21.2. The van der Waals surface area contributed by atoms with E-state index in [2.05, 4.69) is 30.2 Å². The third-order valence-corrected chi connectivity index (χ3v) is 5.89. The summed E-state index contributed by atoms with van der Waals surface area (Å²) in [7, 11) is 0. The minimum Gasteiger partial charge on any atom is -0.384 e. The van der Waals surface area contributed by atoms with Crippen LogP contribution in [0.25, 0.3) is 21.6 Å². The van der Waals surface area contributed by atoms with Gasteiger partial charge >= 0.3 is 0 Å². The fourth-order valence-corrected chi connectivity index (χ4v) is 4.26. The lowest BCUT2D eigenvalue weighted by Crippen LogP contribution is -2.36. The Balaban J connectivity index is 1.35. The molecule has 0 aromatic carbocycles. The predicted octanol–water partition coefficient (Wildman–Crippen LogP) is 2.82. The highest BCUT2D eigenvalue weighted by atomic mass is 32.1. The molecule has 0 saturated carbocycles. The van der Waals surface area contributed by atoms with Crippen LogP contribution in [0.2, 0.25) is 0 Å². The van der Waals surface area contributed by atoms with Crippen molar-refractivity contribution in [3.8, 4) is 11.3 Å². The Morgan fingerprint density at radius 2 is 1.97 bits per heavy atom. The van der Waals surface area contributed by atoms with Crippen molar-refractivity contribution < 1.29 is 9.53 Å². The molecule has 0 bridgehead atoms. The SMILES string of the molecule is Nc1ccc(-c2cccc(C(=O)Nc3cnc4nc(N5CCOCC5)sc4c3)n2)cn1. The summed E-state index contributed by atoms with van der Waals surface area (Å²) in [4.78, 5) is 32.5. The average molecular weight is 433 g/mol. The fraction of sp³-hybridized carbons (Fsp3) is 0.190. The third-order valence-electron chi connectivity index (χ3n) is 4.84. The maximum absolute atomic E-state index is 12.8. The Labute approximate surface area is 181 Å². The summed E-state index contributed by atoms with van der Waals surface area (Å²) in [5.74, 6) is 0.115. The summed E-state index contributed by atoms with van der Waals surface area (Å²) in [6.07, 6.45) is 3.24. The molecule has 0 aliphatic carbocycles. The van der Waals surface area contributed by atoms with Gasteiger partial charge in [0.1, 0.15) is 11.5 Å². The van der Waals surface area contributed by atoms with Gasteiger partial charge in [-0.05, 0) is 30.3 Å². The number of carbonyl (C=O) groups excluding carboxylic acids is 1. The molecule has 1 saturated heterocycles. The molecule has 1 aliphatic rings. The van der Waals surface area contributed by atoms with Crippen molar-refractivity contribution in [2.75, 3.05) is 42.3 Å². The van der Waals surface area contributed by atoms with Gasteiger partial charge in [0.25, 0.3) is 5.91 Å². The Morgan fingerprint density at radius 3 is 2.77 bits per heavy atom. The normalized spacial score (nSPS) is 14.0. The molecule has 1 amide bonds. The van der Waals surface area contributed by atoms with Crippen molar-refractivity contribution in [1.82, 2.24) is 19.9 Å². The van der Waals surface area contributed by atoms with Crippen molar-refractivity contribution >= 4 is 44.2 Å². The van der Waals surface area contributed by atoms with Crippen molar-refractivity contribution in [2.45, 2.75) is 0 Å². The molecule has 0 atom stereocenters. The number of fused-ring (bicyclic) bond motifs is 1. The number of nitrogens with zero attached hydrogens (tertiary/aromatic N) is 5. The highest BCUT2D eigenvalue weighted by molar-refractivity contribution is 7.22. The lowest BCUT2D eigenvalue weighted by molar-refractivity contribution is 0.102. The number of thiazole rings is 1. The zero-order valence-corrected chi connectivity index (χ0v) is 17.3. The van der Waals surface area contributed by atoms with Crippen LogP contribution in [-0.2, 0) is 4.74 Å². The lowest BCUT2D eigenvalue weighted by Gasteiger charge is -2.25. The minimum absolute atomic E-state index is 0.299. The second kappa shape index (κ2) is 8.25. The van der Waals surface area contributed by atoms with Crippen LogP contribution in [0, 0.1) is 0 Å². The second-order valence-corrected chi connectivity index (χ2v) is 7.98. The Hall–Kier alpha value is -3.63. The van der Waals surface area contributed by atoms with E-state index in [-0.39, 0.29) is 5.91 Å². The quantitative estimate of drug-likeness (QED) is 0.504. The van der Waals surface area contributed by atoms with Crippen LogP contribution in [0.3, 0.4) is 0 Å². The summed E-state index contributed by atoms with van der Waals surface area (Å²) in [6, 6.07) is 10.7. The molecule has 4 aromatic heterocycles. The molecule has 3 N–H and O–H groups in total. The standard InChI is InChI=1S/C21H19N7O2S/c22-18-5-4-13(11-23-18)15-2-1-3-16(26-15)20(29)25-14-10-17-19(24-12-14)27-21(31-17)28-6-8-30-9-7-28/h1-5,10-12H,6-9H2,(H2,22,23)(H,25,29). The number of pyridine rings is 3. The number of morpholine rings is 1. The first kappa shape index (κ1) is 19.3. The van der Waals surface area contributed by atoms with Crippen LogP contribution in [0.5, 0.6) is 0 Å². The number of ether oxygens (including phenoxy) is 1. The summed E-state index contributed by atoms with van der Waals surface area (Å²) >= 11 is 1.55. The van der Waals surface area contributed by atoms with Crippen LogP contribution >= 0.6 is 11.3 Å². The van der Waals surface area contributed by atoms with E-state index < -0.39 is 0 Å². The molecule has 1 fully saturated rings. The van der Waals surface area contributed by atoms with E-state index in [0.717, 1.165) is 28.5 Å². The number of hydrogen-bond acceptors (Lipinski definition) is 9. The summed E-state index contributed by atoms with van der Waals surface area (Å²) < 4.78 is 6.31. The van der Waals surface area contributed by atoms with Crippen molar-refractivity contribution in [2.24, 2.45) is 0 Å². The highest BCUT2D eigenvalue weighted by Crippen LogP contribution is 2.30. The molecule has 5 rings (SSSR count). The number of nitrogens with two attached hydrogens (primary N) is 1. The molecule has 0 spiro atoms. The van der Waals surface area contributed by atoms with Gasteiger partial charge in [-0.15, -0.1) is 0 Å². The second-order valence-electron chi connectivity index (χ2n) is 6.98. The topological polar surface area (TPSA) is 119 Å². The number of amides is 1. The Morgan fingerprint density at radius 1 is 1.10 bits per heavy atom. The Kier molecular flexibility index (Phi) is 5.14. The van der Waals surface area contributed by atoms with E-state index in [1.165, 1.54) is 0 Å². The third kappa shape index (κ3) is 4.16. The minimum atomic E-state index is -0.315. The average Bonchev–Trinajstić information content (AvgIpc) is 3.24. The molecule has 10 heteroatoms. The van der Waals surface area contributed by atoms with E-state index in [9.17, 15) is 4.79 Å². The van der Waals surface area contributed by atoms with Gasteiger partial charge in [-0.25, -0.2) is 15.0 Å². The highest BCUT2D eigenvalue weighted by Gasteiger charge is 2.17. The van der Waals surface area contributed by atoms with Gasteiger partial charge in [0.2, 0.25) is 0 Å². The number of nitrogens with one attached hydrogen (secondary N) is 1. The van der Waals surface area contributed by atoms with Crippen molar-refractivity contribution in [3.63, 3.8) is 0 Å². The number of anilines is 3. The van der Waals surface area contributed by atoms with E-state index in [1.54, 1.807) is 41.9 Å². The molecular formula is C21H19N7O2S. The lowest BCUT2D eigenvalue weighted by atomic mass is 10.2. The van der Waals surface area contributed by atoms with Crippen LogP contribution in [-0.4, -0.2) is 52.1 Å². The zero-order valence-electron chi connectivity index (χ0n) is 16.5. The number of hydrogen-bond donors (Lipinski definition) is 2. The van der Waals surface area contributed by atoms with Gasteiger partial charge in [-0.3, -0.25) is 4.79 Å². The Bertz CT molecular complexity index is 1240.